The number of anilines is 1. The molecule has 0 radical (unpaired) electrons. The van der Waals surface area contributed by atoms with Crippen LogP contribution >= 0.6 is 0 Å². The van der Waals surface area contributed by atoms with Crippen LogP contribution < -0.4 is 10.9 Å². The van der Waals surface area contributed by atoms with Gasteiger partial charge in [-0.3, -0.25) is 9.59 Å². The van der Waals surface area contributed by atoms with Crippen LogP contribution in [0.1, 0.15) is 16.8 Å². The van der Waals surface area contributed by atoms with Crippen molar-refractivity contribution < 1.29 is 14.7 Å². The van der Waals surface area contributed by atoms with E-state index in [4.69, 9.17) is 5.11 Å². The Morgan fingerprint density at radius 1 is 1.10 bits per heavy atom. The van der Waals surface area contributed by atoms with E-state index in [1.807, 2.05) is 0 Å². The summed E-state index contributed by atoms with van der Waals surface area (Å²) in [5.41, 5.74) is 0.0920. The van der Waals surface area contributed by atoms with Crippen LogP contribution in [0.25, 0.3) is 0 Å². The van der Waals surface area contributed by atoms with Crippen LogP contribution in [-0.4, -0.2) is 21.6 Å². The number of carboxylic acid groups (broad SMARTS) is 1. The van der Waals surface area contributed by atoms with Crippen molar-refractivity contribution in [2.75, 3.05) is 5.32 Å². The Bertz CT molecular complexity index is 721. The number of nitrogens with one attached hydrogen (secondary N) is 1. The SMILES string of the molecule is O=C(CCn1ccccc1=O)Nc1ccccc1C(=O)O. The van der Waals surface area contributed by atoms with E-state index >= 15 is 0 Å². The van der Waals surface area contributed by atoms with Gasteiger partial charge in [0, 0.05) is 25.2 Å². The summed E-state index contributed by atoms with van der Waals surface area (Å²) in [5, 5.41) is 11.6. The summed E-state index contributed by atoms with van der Waals surface area (Å²) in [6, 6.07) is 10.9. The molecule has 1 heterocycles. The highest BCUT2D eigenvalue weighted by Crippen LogP contribution is 2.15. The predicted molar refractivity (Wildman–Crippen MR) is 77.4 cm³/mol. The van der Waals surface area contributed by atoms with Gasteiger partial charge in [0.05, 0.1) is 11.3 Å². The second-order valence-electron chi connectivity index (χ2n) is 4.38. The number of benzene rings is 1. The Hall–Kier alpha value is -2.89. The van der Waals surface area contributed by atoms with E-state index in [-0.39, 0.29) is 35.7 Å². The number of carbonyl (C=O) groups is 2. The van der Waals surface area contributed by atoms with Crippen molar-refractivity contribution in [2.45, 2.75) is 13.0 Å². The molecule has 0 aliphatic rings. The van der Waals surface area contributed by atoms with Crippen molar-refractivity contribution in [1.82, 2.24) is 4.57 Å². The number of aromatic carboxylic acids is 1. The quantitative estimate of drug-likeness (QED) is 0.873. The molecule has 0 aliphatic heterocycles. The van der Waals surface area contributed by atoms with E-state index in [1.54, 1.807) is 30.5 Å². The molecule has 0 unspecified atom stereocenters. The fourth-order valence-electron chi connectivity index (χ4n) is 1.86. The number of hydrogen-bond acceptors (Lipinski definition) is 3. The van der Waals surface area contributed by atoms with Crippen LogP contribution in [0.3, 0.4) is 0 Å². The van der Waals surface area contributed by atoms with Gasteiger partial charge in [-0.25, -0.2) is 4.79 Å². The van der Waals surface area contributed by atoms with Gasteiger partial charge in [0.25, 0.3) is 5.56 Å². The summed E-state index contributed by atoms with van der Waals surface area (Å²) in [7, 11) is 0. The first-order valence-electron chi connectivity index (χ1n) is 6.35. The highest BCUT2D eigenvalue weighted by atomic mass is 16.4. The minimum absolute atomic E-state index is 0.0303. The van der Waals surface area contributed by atoms with Crippen LogP contribution in [0.4, 0.5) is 5.69 Å². The third-order valence-electron chi connectivity index (χ3n) is 2.91. The highest BCUT2D eigenvalue weighted by Gasteiger charge is 2.11. The summed E-state index contributed by atoms with van der Waals surface area (Å²) in [6.45, 7) is 0.237. The molecule has 1 amide bonds. The summed E-state index contributed by atoms with van der Waals surface area (Å²) in [5.74, 6) is -1.45. The van der Waals surface area contributed by atoms with Gasteiger partial charge in [-0.05, 0) is 18.2 Å². The molecule has 2 aromatic rings. The zero-order valence-corrected chi connectivity index (χ0v) is 11.2. The molecule has 0 spiro atoms. The number of para-hydroxylation sites is 1. The molecule has 0 bridgehead atoms. The molecule has 0 aliphatic carbocycles. The van der Waals surface area contributed by atoms with Crippen LogP contribution in [0.15, 0.2) is 53.5 Å². The zero-order valence-electron chi connectivity index (χ0n) is 11.2. The van der Waals surface area contributed by atoms with E-state index in [1.165, 1.54) is 22.8 Å². The molecule has 21 heavy (non-hydrogen) atoms. The first-order chi connectivity index (χ1) is 10.1. The number of aromatic nitrogens is 1. The van der Waals surface area contributed by atoms with Crippen molar-refractivity contribution in [1.29, 1.82) is 0 Å². The average Bonchev–Trinajstić information content (AvgIpc) is 2.47. The fourth-order valence-corrected chi connectivity index (χ4v) is 1.86. The Kier molecular flexibility index (Phi) is 4.50. The van der Waals surface area contributed by atoms with Gasteiger partial charge in [0.15, 0.2) is 0 Å². The largest absolute Gasteiger partial charge is 0.478 e. The maximum absolute atomic E-state index is 11.9. The lowest BCUT2D eigenvalue weighted by Gasteiger charge is -2.09. The maximum Gasteiger partial charge on any atom is 0.337 e. The van der Waals surface area contributed by atoms with Crippen molar-refractivity contribution in [3.63, 3.8) is 0 Å². The lowest BCUT2D eigenvalue weighted by Crippen LogP contribution is -2.22. The van der Waals surface area contributed by atoms with Crippen LogP contribution in [0.2, 0.25) is 0 Å². The summed E-state index contributed by atoms with van der Waals surface area (Å²) in [6.07, 6.45) is 1.68. The molecule has 1 aromatic carbocycles. The van der Waals surface area contributed by atoms with E-state index in [0.717, 1.165) is 0 Å². The third-order valence-corrected chi connectivity index (χ3v) is 2.91. The molecule has 6 heteroatoms. The predicted octanol–water partition coefficient (Wildman–Crippen LogP) is 1.58. The number of pyridine rings is 1. The minimum atomic E-state index is -1.11. The number of carboxylic acids is 1. The number of carbonyl (C=O) groups excluding carboxylic acids is 1. The monoisotopic (exact) mass is 286 g/mol. The standard InChI is InChI=1S/C15H14N2O4/c18-13(8-10-17-9-4-3-7-14(17)19)16-12-6-2-1-5-11(12)15(20)21/h1-7,9H,8,10H2,(H,16,18)(H,20,21). The van der Waals surface area contributed by atoms with Gasteiger partial charge < -0.3 is 15.0 Å². The number of aryl methyl sites for hydroxylation is 1. The van der Waals surface area contributed by atoms with Crippen LogP contribution in [0, 0.1) is 0 Å². The minimum Gasteiger partial charge on any atom is -0.478 e. The Morgan fingerprint density at radius 2 is 1.81 bits per heavy atom. The number of rotatable bonds is 5. The molecule has 2 N–H and O–H groups in total. The molecule has 2 rings (SSSR count). The van der Waals surface area contributed by atoms with Gasteiger partial charge in [0.1, 0.15) is 0 Å². The highest BCUT2D eigenvalue weighted by molar-refractivity contribution is 6.00. The first kappa shape index (κ1) is 14.5. The van der Waals surface area contributed by atoms with Gasteiger partial charge >= 0.3 is 5.97 Å². The van der Waals surface area contributed by atoms with Crippen molar-refractivity contribution in [3.05, 3.63) is 64.6 Å². The number of hydrogen-bond donors (Lipinski definition) is 2. The molecule has 0 fully saturated rings. The van der Waals surface area contributed by atoms with E-state index < -0.39 is 5.97 Å². The molecular weight excluding hydrogens is 272 g/mol. The third kappa shape index (κ3) is 3.79. The molecule has 0 atom stereocenters. The lowest BCUT2D eigenvalue weighted by molar-refractivity contribution is -0.116. The second kappa shape index (κ2) is 6.51. The first-order valence-corrected chi connectivity index (χ1v) is 6.35. The maximum atomic E-state index is 11.9. The fraction of sp³-hybridized carbons (Fsp3) is 0.133. The number of amides is 1. The van der Waals surface area contributed by atoms with Gasteiger partial charge in [-0.1, -0.05) is 18.2 Å². The molecule has 6 nitrogen and oxygen atoms in total. The van der Waals surface area contributed by atoms with E-state index in [2.05, 4.69) is 5.32 Å². The van der Waals surface area contributed by atoms with Crippen molar-refractivity contribution in [2.24, 2.45) is 0 Å². The smallest absolute Gasteiger partial charge is 0.337 e. The molecular formula is C15H14N2O4. The van der Waals surface area contributed by atoms with Gasteiger partial charge in [-0.15, -0.1) is 0 Å². The summed E-state index contributed by atoms with van der Waals surface area (Å²) in [4.78, 5) is 34.4. The average molecular weight is 286 g/mol. The number of nitrogens with zero attached hydrogens (tertiary/aromatic N) is 1. The lowest BCUT2D eigenvalue weighted by atomic mass is 10.2. The summed E-state index contributed by atoms with van der Waals surface area (Å²) >= 11 is 0. The van der Waals surface area contributed by atoms with Crippen molar-refractivity contribution in [3.8, 4) is 0 Å². The Labute approximate surface area is 120 Å². The normalized spacial score (nSPS) is 10.1. The van der Waals surface area contributed by atoms with Gasteiger partial charge in [-0.2, -0.15) is 0 Å². The molecule has 1 aromatic heterocycles. The van der Waals surface area contributed by atoms with Gasteiger partial charge in [0.2, 0.25) is 5.91 Å². The Morgan fingerprint density at radius 3 is 2.52 bits per heavy atom. The molecule has 0 saturated carbocycles. The molecule has 108 valence electrons. The zero-order chi connectivity index (χ0) is 15.2. The van der Waals surface area contributed by atoms with Crippen LogP contribution in [0.5, 0.6) is 0 Å². The summed E-state index contributed by atoms with van der Waals surface area (Å²) < 4.78 is 1.42. The Balaban J connectivity index is 2.01. The van der Waals surface area contributed by atoms with E-state index in [9.17, 15) is 14.4 Å². The topological polar surface area (TPSA) is 88.4 Å². The van der Waals surface area contributed by atoms with Crippen LogP contribution in [-0.2, 0) is 11.3 Å². The van der Waals surface area contributed by atoms with E-state index in [0.29, 0.717) is 0 Å². The molecule has 0 saturated heterocycles. The second-order valence-corrected chi connectivity index (χ2v) is 4.38. The van der Waals surface area contributed by atoms with Crippen molar-refractivity contribution >= 4 is 17.6 Å².